The minimum atomic E-state index is -0.872. The van der Waals surface area contributed by atoms with E-state index >= 15 is 0 Å². The summed E-state index contributed by atoms with van der Waals surface area (Å²) in [6.45, 7) is 8.28. The average Bonchev–Trinajstić information content (AvgIpc) is 2.53. The van der Waals surface area contributed by atoms with Crippen molar-refractivity contribution in [2.24, 2.45) is 5.41 Å². The molecule has 6 nitrogen and oxygen atoms in total. The molecular formula is C18H25NO5. The van der Waals surface area contributed by atoms with Crippen LogP contribution in [0.4, 0.5) is 0 Å². The van der Waals surface area contributed by atoms with E-state index in [2.05, 4.69) is 5.32 Å². The molecule has 0 unspecified atom stereocenters. The number of ether oxygens (including phenoxy) is 2. The van der Waals surface area contributed by atoms with E-state index in [9.17, 15) is 9.59 Å². The third-order valence-electron chi connectivity index (χ3n) is 4.45. The van der Waals surface area contributed by atoms with Gasteiger partial charge in [-0.25, -0.2) is 0 Å². The summed E-state index contributed by atoms with van der Waals surface area (Å²) in [5, 5.41) is 12.0. The first-order valence-electron chi connectivity index (χ1n) is 8.06. The van der Waals surface area contributed by atoms with Crippen molar-refractivity contribution in [1.82, 2.24) is 5.32 Å². The van der Waals surface area contributed by atoms with Gasteiger partial charge in [0.15, 0.2) is 11.5 Å². The highest BCUT2D eigenvalue weighted by atomic mass is 16.6. The van der Waals surface area contributed by atoms with Gasteiger partial charge < -0.3 is 19.9 Å². The molecule has 0 atom stereocenters. The smallest absolute Gasteiger partial charge is 0.309 e. The van der Waals surface area contributed by atoms with Gasteiger partial charge in [0.2, 0.25) is 5.91 Å². The molecule has 0 fully saturated rings. The lowest BCUT2D eigenvalue weighted by Gasteiger charge is -2.27. The molecule has 0 aromatic heterocycles. The summed E-state index contributed by atoms with van der Waals surface area (Å²) in [5.41, 5.74) is -0.806. The van der Waals surface area contributed by atoms with Crippen LogP contribution in [-0.2, 0) is 15.0 Å². The first kappa shape index (κ1) is 18.1. The Kier molecular flexibility index (Phi) is 5.06. The number of aliphatic carboxylic acids is 1. The molecule has 1 heterocycles. The first-order valence-corrected chi connectivity index (χ1v) is 8.06. The fourth-order valence-electron chi connectivity index (χ4n) is 2.38. The number of benzene rings is 1. The van der Waals surface area contributed by atoms with E-state index in [-0.39, 0.29) is 5.91 Å². The lowest BCUT2D eigenvalue weighted by molar-refractivity contribution is -0.147. The highest BCUT2D eigenvalue weighted by Crippen LogP contribution is 2.35. The summed E-state index contributed by atoms with van der Waals surface area (Å²) >= 11 is 0. The number of amides is 1. The molecule has 0 aliphatic carbocycles. The maximum atomic E-state index is 12.6. The van der Waals surface area contributed by atoms with Crippen molar-refractivity contribution in [1.29, 1.82) is 0 Å². The maximum absolute atomic E-state index is 12.6. The molecule has 0 saturated heterocycles. The largest absolute Gasteiger partial charge is 0.486 e. The standard InChI is InChI=1S/C18H25NO5/c1-17(2,16(21)22)7-8-19-15(20)18(3,4)12-5-6-13-14(11-12)24-10-9-23-13/h5-6,11H,7-10H2,1-4H3,(H,19,20)(H,21,22). The molecule has 1 amide bonds. The molecule has 1 aliphatic heterocycles. The van der Waals surface area contributed by atoms with Crippen LogP contribution in [0.5, 0.6) is 11.5 Å². The van der Waals surface area contributed by atoms with E-state index in [1.807, 2.05) is 32.0 Å². The van der Waals surface area contributed by atoms with Gasteiger partial charge in [0.25, 0.3) is 0 Å². The zero-order valence-corrected chi connectivity index (χ0v) is 14.6. The van der Waals surface area contributed by atoms with Crippen molar-refractivity contribution >= 4 is 11.9 Å². The number of nitrogens with one attached hydrogen (secondary N) is 1. The average molecular weight is 335 g/mol. The lowest BCUT2D eigenvalue weighted by Crippen LogP contribution is -2.42. The molecule has 132 valence electrons. The van der Waals surface area contributed by atoms with Gasteiger partial charge >= 0.3 is 5.97 Å². The van der Waals surface area contributed by atoms with Crippen LogP contribution < -0.4 is 14.8 Å². The van der Waals surface area contributed by atoms with Gasteiger partial charge in [0.05, 0.1) is 10.8 Å². The normalized spacial score (nSPS) is 14.2. The van der Waals surface area contributed by atoms with Crippen molar-refractivity contribution in [3.8, 4) is 11.5 Å². The second-order valence-electron chi connectivity index (χ2n) is 7.18. The second kappa shape index (κ2) is 6.71. The molecule has 0 bridgehead atoms. The van der Waals surface area contributed by atoms with Crippen LogP contribution in [-0.4, -0.2) is 36.7 Å². The predicted octanol–water partition coefficient (Wildman–Crippen LogP) is 2.35. The summed E-state index contributed by atoms with van der Waals surface area (Å²) in [6.07, 6.45) is 0.366. The Bertz CT molecular complexity index is 636. The van der Waals surface area contributed by atoms with Crippen molar-refractivity contribution in [3.63, 3.8) is 0 Å². The van der Waals surface area contributed by atoms with Crippen LogP contribution in [0.15, 0.2) is 18.2 Å². The Balaban J connectivity index is 2.04. The van der Waals surface area contributed by atoms with E-state index in [1.165, 1.54) is 0 Å². The number of rotatable bonds is 6. The summed E-state index contributed by atoms with van der Waals surface area (Å²) < 4.78 is 11.1. The zero-order chi connectivity index (χ0) is 18.0. The molecule has 24 heavy (non-hydrogen) atoms. The van der Waals surface area contributed by atoms with Crippen LogP contribution in [0, 0.1) is 5.41 Å². The number of carbonyl (C=O) groups is 2. The van der Waals surface area contributed by atoms with Crippen LogP contribution in [0.3, 0.4) is 0 Å². The van der Waals surface area contributed by atoms with Crippen LogP contribution in [0.25, 0.3) is 0 Å². The third kappa shape index (κ3) is 3.80. The highest BCUT2D eigenvalue weighted by Gasteiger charge is 2.32. The molecule has 0 radical (unpaired) electrons. The van der Waals surface area contributed by atoms with E-state index in [1.54, 1.807) is 13.8 Å². The van der Waals surface area contributed by atoms with Crippen LogP contribution in [0.1, 0.15) is 39.7 Å². The monoisotopic (exact) mass is 335 g/mol. The zero-order valence-electron chi connectivity index (χ0n) is 14.6. The number of hydrogen-bond acceptors (Lipinski definition) is 4. The van der Waals surface area contributed by atoms with Crippen molar-refractivity contribution in [2.45, 2.75) is 39.5 Å². The Morgan fingerprint density at radius 2 is 1.75 bits per heavy atom. The van der Waals surface area contributed by atoms with Gasteiger partial charge in [-0.15, -0.1) is 0 Å². The van der Waals surface area contributed by atoms with Gasteiger partial charge in [-0.05, 0) is 51.8 Å². The minimum Gasteiger partial charge on any atom is -0.486 e. The van der Waals surface area contributed by atoms with Crippen molar-refractivity contribution < 1.29 is 24.2 Å². The number of hydrogen-bond donors (Lipinski definition) is 2. The van der Waals surface area contributed by atoms with E-state index in [4.69, 9.17) is 14.6 Å². The van der Waals surface area contributed by atoms with Gasteiger partial charge in [0, 0.05) is 6.54 Å². The van der Waals surface area contributed by atoms with E-state index < -0.39 is 16.8 Å². The number of carboxylic acids is 1. The Morgan fingerprint density at radius 3 is 2.38 bits per heavy atom. The first-order chi connectivity index (χ1) is 11.1. The van der Waals surface area contributed by atoms with Gasteiger partial charge in [0.1, 0.15) is 13.2 Å². The Labute approximate surface area is 142 Å². The fourth-order valence-corrected chi connectivity index (χ4v) is 2.38. The number of carboxylic acid groups (broad SMARTS) is 1. The molecule has 1 aliphatic rings. The Morgan fingerprint density at radius 1 is 1.12 bits per heavy atom. The van der Waals surface area contributed by atoms with Crippen molar-refractivity contribution in [2.75, 3.05) is 19.8 Å². The molecule has 1 aromatic rings. The van der Waals surface area contributed by atoms with E-state index in [0.717, 1.165) is 5.56 Å². The molecule has 1 aromatic carbocycles. The molecular weight excluding hydrogens is 310 g/mol. The Hall–Kier alpha value is -2.24. The van der Waals surface area contributed by atoms with Gasteiger partial charge in [-0.2, -0.15) is 0 Å². The molecule has 0 spiro atoms. The fraction of sp³-hybridized carbons (Fsp3) is 0.556. The lowest BCUT2D eigenvalue weighted by atomic mass is 9.83. The summed E-state index contributed by atoms with van der Waals surface area (Å²) in [4.78, 5) is 23.7. The molecule has 0 saturated carbocycles. The SMILES string of the molecule is CC(C)(CCNC(=O)C(C)(C)c1ccc2c(c1)OCCO2)C(=O)O. The topological polar surface area (TPSA) is 84.9 Å². The quantitative estimate of drug-likeness (QED) is 0.833. The van der Waals surface area contributed by atoms with Gasteiger partial charge in [-0.1, -0.05) is 6.07 Å². The maximum Gasteiger partial charge on any atom is 0.309 e. The molecule has 6 heteroatoms. The summed E-state index contributed by atoms with van der Waals surface area (Å²) in [5.74, 6) is 0.305. The molecule has 2 N–H and O–H groups in total. The summed E-state index contributed by atoms with van der Waals surface area (Å²) in [6, 6.07) is 5.50. The second-order valence-corrected chi connectivity index (χ2v) is 7.18. The number of fused-ring (bicyclic) bond motifs is 1. The molecule has 2 rings (SSSR count). The highest BCUT2D eigenvalue weighted by molar-refractivity contribution is 5.87. The minimum absolute atomic E-state index is 0.152. The number of carbonyl (C=O) groups excluding carboxylic acids is 1. The van der Waals surface area contributed by atoms with Crippen LogP contribution in [0.2, 0.25) is 0 Å². The predicted molar refractivity (Wildman–Crippen MR) is 89.5 cm³/mol. The van der Waals surface area contributed by atoms with Gasteiger partial charge in [-0.3, -0.25) is 9.59 Å². The van der Waals surface area contributed by atoms with E-state index in [0.29, 0.717) is 37.7 Å². The van der Waals surface area contributed by atoms with Crippen molar-refractivity contribution in [3.05, 3.63) is 23.8 Å². The van der Waals surface area contributed by atoms with Crippen LogP contribution >= 0.6 is 0 Å². The third-order valence-corrected chi connectivity index (χ3v) is 4.45. The summed E-state index contributed by atoms with van der Waals surface area (Å²) in [7, 11) is 0.